The molecule has 0 aliphatic carbocycles. The average Bonchev–Trinajstić information content (AvgIpc) is 3.05. The van der Waals surface area contributed by atoms with Crippen molar-refractivity contribution in [2.45, 2.75) is 12.6 Å². The average molecular weight is 316 g/mol. The van der Waals surface area contributed by atoms with Crippen LogP contribution in [0.25, 0.3) is 0 Å². The first-order valence-electron chi connectivity index (χ1n) is 7.57. The third kappa shape index (κ3) is 4.26. The number of hydrogen-bond donors (Lipinski definition) is 1. The van der Waals surface area contributed by atoms with E-state index in [1.807, 2.05) is 48.3 Å². The number of amides is 1. The summed E-state index contributed by atoms with van der Waals surface area (Å²) in [6.45, 7) is 1.74. The minimum atomic E-state index is -0.177. The van der Waals surface area contributed by atoms with E-state index < -0.39 is 0 Å². The molecule has 1 aromatic carbocycles. The molecule has 1 N–H and O–H groups in total. The summed E-state index contributed by atoms with van der Waals surface area (Å²) in [5.41, 5.74) is 0. The van der Waals surface area contributed by atoms with Crippen molar-refractivity contribution in [2.75, 3.05) is 26.7 Å². The summed E-state index contributed by atoms with van der Waals surface area (Å²) in [6, 6.07) is 11.3. The summed E-state index contributed by atoms with van der Waals surface area (Å²) < 4.78 is 16.7. The third-order valence-electron chi connectivity index (χ3n) is 3.51. The highest BCUT2D eigenvalue weighted by atomic mass is 16.6. The maximum absolute atomic E-state index is 12.0. The molecule has 6 nitrogen and oxygen atoms in total. The quantitative estimate of drug-likeness (QED) is 0.878. The first-order valence-corrected chi connectivity index (χ1v) is 7.57. The fourth-order valence-corrected chi connectivity index (χ4v) is 2.42. The predicted molar refractivity (Wildman–Crippen MR) is 84.4 cm³/mol. The molecule has 0 saturated heterocycles. The van der Waals surface area contributed by atoms with Crippen LogP contribution in [0.5, 0.6) is 11.5 Å². The Balaban J connectivity index is 1.41. The molecule has 0 radical (unpaired) electrons. The topological polar surface area (TPSA) is 63.9 Å². The molecule has 2 aromatic rings. The van der Waals surface area contributed by atoms with E-state index in [0.29, 0.717) is 32.0 Å². The van der Waals surface area contributed by atoms with Gasteiger partial charge in [0.25, 0.3) is 0 Å². The molecular weight excluding hydrogens is 296 g/mol. The zero-order valence-electron chi connectivity index (χ0n) is 13.0. The fraction of sp³-hybridized carbons (Fsp3) is 0.353. The molecule has 0 saturated carbocycles. The van der Waals surface area contributed by atoms with Gasteiger partial charge in [0, 0.05) is 0 Å². The Labute approximate surface area is 135 Å². The number of hydrogen-bond acceptors (Lipinski definition) is 5. The zero-order chi connectivity index (χ0) is 16.1. The number of rotatable bonds is 6. The maximum atomic E-state index is 12.0. The highest BCUT2D eigenvalue weighted by Gasteiger charge is 2.21. The van der Waals surface area contributed by atoms with E-state index in [2.05, 4.69) is 5.32 Å². The van der Waals surface area contributed by atoms with Gasteiger partial charge in [-0.25, -0.2) is 0 Å². The normalized spacial score (nSPS) is 16.3. The molecule has 1 amide bonds. The lowest BCUT2D eigenvalue weighted by Crippen LogP contribution is -2.43. The number of para-hydroxylation sites is 2. The second-order valence-corrected chi connectivity index (χ2v) is 5.55. The number of nitrogens with one attached hydrogen (secondary N) is 1. The minimum Gasteiger partial charge on any atom is -0.486 e. The lowest BCUT2D eigenvalue weighted by atomic mass is 10.2. The highest BCUT2D eigenvalue weighted by molar-refractivity contribution is 5.78. The predicted octanol–water partition coefficient (Wildman–Crippen LogP) is 1.67. The SMILES string of the molecule is CN(CC(=O)NCC1COc2ccccc2O1)Cc1ccco1. The van der Waals surface area contributed by atoms with Gasteiger partial charge in [0.05, 0.1) is 25.9 Å². The molecule has 1 atom stereocenters. The number of likely N-dealkylation sites (N-methyl/N-ethyl adjacent to an activating group) is 1. The Kier molecular flexibility index (Phi) is 4.83. The Morgan fingerprint density at radius 1 is 1.26 bits per heavy atom. The van der Waals surface area contributed by atoms with Gasteiger partial charge in [-0.2, -0.15) is 0 Å². The van der Waals surface area contributed by atoms with Crippen LogP contribution in [0.3, 0.4) is 0 Å². The Bertz CT molecular complexity index is 642. The second-order valence-electron chi connectivity index (χ2n) is 5.55. The molecule has 6 heteroatoms. The monoisotopic (exact) mass is 316 g/mol. The van der Waals surface area contributed by atoms with Crippen molar-refractivity contribution in [3.8, 4) is 11.5 Å². The van der Waals surface area contributed by atoms with Crippen LogP contribution in [0.1, 0.15) is 5.76 Å². The van der Waals surface area contributed by atoms with E-state index in [9.17, 15) is 4.79 Å². The van der Waals surface area contributed by atoms with Crippen molar-refractivity contribution in [3.05, 3.63) is 48.4 Å². The van der Waals surface area contributed by atoms with Gasteiger partial charge in [0.1, 0.15) is 18.5 Å². The number of nitrogens with zero attached hydrogens (tertiary/aromatic N) is 1. The van der Waals surface area contributed by atoms with Crippen LogP contribution < -0.4 is 14.8 Å². The van der Waals surface area contributed by atoms with Crippen molar-refractivity contribution in [1.29, 1.82) is 0 Å². The van der Waals surface area contributed by atoms with Crippen molar-refractivity contribution in [1.82, 2.24) is 10.2 Å². The van der Waals surface area contributed by atoms with Gasteiger partial charge in [0.15, 0.2) is 11.5 Å². The van der Waals surface area contributed by atoms with Gasteiger partial charge >= 0.3 is 0 Å². The maximum Gasteiger partial charge on any atom is 0.234 e. The molecule has 0 fully saturated rings. The van der Waals surface area contributed by atoms with Crippen LogP contribution in [0.4, 0.5) is 0 Å². The van der Waals surface area contributed by atoms with Gasteiger partial charge in [-0.05, 0) is 31.3 Å². The van der Waals surface area contributed by atoms with E-state index >= 15 is 0 Å². The number of carbonyl (C=O) groups excluding carboxylic acids is 1. The molecule has 1 aliphatic rings. The van der Waals surface area contributed by atoms with E-state index in [4.69, 9.17) is 13.9 Å². The minimum absolute atomic E-state index is 0.0542. The van der Waals surface area contributed by atoms with Crippen molar-refractivity contribution < 1.29 is 18.7 Å². The largest absolute Gasteiger partial charge is 0.486 e. The second kappa shape index (κ2) is 7.19. The number of benzene rings is 1. The van der Waals surface area contributed by atoms with Crippen LogP contribution in [-0.4, -0.2) is 43.7 Å². The molecule has 1 unspecified atom stereocenters. The number of carbonyl (C=O) groups is 1. The number of furan rings is 1. The number of fused-ring (bicyclic) bond motifs is 1. The first kappa shape index (κ1) is 15.4. The van der Waals surface area contributed by atoms with Crippen LogP contribution in [0.2, 0.25) is 0 Å². The lowest BCUT2D eigenvalue weighted by Gasteiger charge is -2.26. The molecule has 2 heterocycles. The summed E-state index contributed by atoms with van der Waals surface area (Å²) in [5.74, 6) is 2.24. The van der Waals surface area contributed by atoms with Gasteiger partial charge in [-0.3, -0.25) is 9.69 Å². The fourth-order valence-electron chi connectivity index (χ4n) is 2.42. The summed E-state index contributed by atoms with van der Waals surface area (Å²) in [7, 11) is 1.87. The summed E-state index contributed by atoms with van der Waals surface area (Å²) in [4.78, 5) is 13.9. The standard InChI is InChI=1S/C17H20N2O4/c1-19(10-13-5-4-8-21-13)11-17(20)18-9-14-12-22-15-6-2-3-7-16(15)23-14/h2-8,14H,9-12H2,1H3,(H,18,20). The number of ether oxygens (including phenoxy) is 2. The molecule has 23 heavy (non-hydrogen) atoms. The van der Waals surface area contributed by atoms with Crippen LogP contribution in [-0.2, 0) is 11.3 Å². The molecule has 1 aromatic heterocycles. The lowest BCUT2D eigenvalue weighted by molar-refractivity contribution is -0.122. The van der Waals surface area contributed by atoms with E-state index in [1.54, 1.807) is 6.26 Å². The van der Waals surface area contributed by atoms with E-state index in [1.165, 1.54) is 0 Å². The third-order valence-corrected chi connectivity index (χ3v) is 3.51. The smallest absolute Gasteiger partial charge is 0.234 e. The highest BCUT2D eigenvalue weighted by Crippen LogP contribution is 2.30. The molecule has 3 rings (SSSR count). The van der Waals surface area contributed by atoms with Crippen LogP contribution in [0.15, 0.2) is 47.1 Å². The first-order chi connectivity index (χ1) is 11.2. The van der Waals surface area contributed by atoms with Crippen LogP contribution >= 0.6 is 0 Å². The van der Waals surface area contributed by atoms with Gasteiger partial charge in [-0.15, -0.1) is 0 Å². The summed E-state index contributed by atoms with van der Waals surface area (Å²) in [6.07, 6.45) is 1.45. The van der Waals surface area contributed by atoms with Crippen molar-refractivity contribution >= 4 is 5.91 Å². The Hall–Kier alpha value is -2.47. The van der Waals surface area contributed by atoms with Gasteiger partial charge < -0.3 is 19.2 Å². The Morgan fingerprint density at radius 3 is 2.87 bits per heavy atom. The van der Waals surface area contributed by atoms with Crippen LogP contribution in [0, 0.1) is 0 Å². The van der Waals surface area contributed by atoms with Crippen molar-refractivity contribution in [3.63, 3.8) is 0 Å². The summed E-state index contributed by atoms with van der Waals surface area (Å²) >= 11 is 0. The van der Waals surface area contributed by atoms with Gasteiger partial charge in [0.2, 0.25) is 5.91 Å². The molecular formula is C17H20N2O4. The molecule has 0 bridgehead atoms. The zero-order valence-corrected chi connectivity index (χ0v) is 13.0. The molecule has 0 spiro atoms. The Morgan fingerprint density at radius 2 is 2.09 bits per heavy atom. The van der Waals surface area contributed by atoms with E-state index in [-0.39, 0.29) is 12.0 Å². The molecule has 122 valence electrons. The summed E-state index contributed by atoms with van der Waals surface area (Å²) in [5, 5.41) is 2.88. The van der Waals surface area contributed by atoms with E-state index in [0.717, 1.165) is 11.5 Å². The van der Waals surface area contributed by atoms with Gasteiger partial charge in [-0.1, -0.05) is 12.1 Å². The molecule has 1 aliphatic heterocycles. The van der Waals surface area contributed by atoms with Crippen molar-refractivity contribution in [2.24, 2.45) is 0 Å².